The highest BCUT2D eigenvalue weighted by atomic mass is 35.5. The molecule has 138 valence electrons. The Morgan fingerprint density at radius 2 is 1.92 bits per heavy atom. The average Bonchev–Trinajstić information content (AvgIpc) is 3.00. The fraction of sp³-hybridized carbons (Fsp3) is 0.556. The van der Waals surface area contributed by atoms with Gasteiger partial charge in [-0.15, -0.1) is 12.4 Å². The van der Waals surface area contributed by atoms with E-state index in [1.54, 1.807) is 17.0 Å². The number of nitrogens with one attached hydrogen (secondary N) is 1. The zero-order valence-electron chi connectivity index (χ0n) is 14.3. The molecule has 7 heteroatoms. The molecule has 0 aromatic heterocycles. The lowest BCUT2D eigenvalue weighted by Crippen LogP contribution is -2.41. The fourth-order valence-electron chi connectivity index (χ4n) is 3.47. The summed E-state index contributed by atoms with van der Waals surface area (Å²) >= 11 is 0. The van der Waals surface area contributed by atoms with E-state index in [1.165, 1.54) is 0 Å². The van der Waals surface area contributed by atoms with Gasteiger partial charge in [0.2, 0.25) is 5.91 Å². The van der Waals surface area contributed by atoms with Gasteiger partial charge < -0.3 is 20.7 Å². The Morgan fingerprint density at radius 1 is 1.20 bits per heavy atom. The first-order valence-electron chi connectivity index (χ1n) is 8.66. The molecule has 0 spiro atoms. The van der Waals surface area contributed by atoms with Gasteiger partial charge in [-0.05, 0) is 30.9 Å². The standard InChI is InChI=1S/C18H25N3O3.ClH/c19-15-6-3-4-13(15)12-17(22)20-16-7-2-1-5-14(16)18(23)21-8-10-24-11-9-21;/h1-2,5,7,13,15H,3-4,6,8-12,19H2,(H,20,22);1H/t13-,15+;/m0./s1. The Kier molecular flexibility index (Phi) is 7.23. The first kappa shape index (κ1) is 19.7. The lowest BCUT2D eigenvalue weighted by molar-refractivity contribution is -0.117. The van der Waals surface area contributed by atoms with Gasteiger partial charge in [0.15, 0.2) is 0 Å². The maximum Gasteiger partial charge on any atom is 0.256 e. The van der Waals surface area contributed by atoms with E-state index in [2.05, 4.69) is 5.32 Å². The third kappa shape index (κ3) is 4.93. The van der Waals surface area contributed by atoms with E-state index < -0.39 is 0 Å². The molecule has 6 nitrogen and oxygen atoms in total. The van der Waals surface area contributed by atoms with E-state index in [0.29, 0.717) is 44.0 Å². The van der Waals surface area contributed by atoms with Crippen molar-refractivity contribution >= 4 is 29.9 Å². The van der Waals surface area contributed by atoms with E-state index in [4.69, 9.17) is 10.5 Å². The van der Waals surface area contributed by atoms with Crippen LogP contribution in [0.1, 0.15) is 36.0 Å². The van der Waals surface area contributed by atoms with Crippen LogP contribution in [0.3, 0.4) is 0 Å². The molecule has 2 atom stereocenters. The second-order valence-corrected chi connectivity index (χ2v) is 6.56. The topological polar surface area (TPSA) is 84.7 Å². The van der Waals surface area contributed by atoms with Crippen LogP contribution in [0.25, 0.3) is 0 Å². The van der Waals surface area contributed by atoms with Gasteiger partial charge in [-0.1, -0.05) is 18.6 Å². The number of benzene rings is 1. The number of carbonyl (C=O) groups is 2. The number of halogens is 1. The third-order valence-electron chi connectivity index (χ3n) is 4.90. The monoisotopic (exact) mass is 367 g/mol. The SMILES string of the molecule is Cl.N[C@@H]1CCC[C@H]1CC(=O)Nc1ccccc1C(=O)N1CCOCC1. The van der Waals surface area contributed by atoms with Gasteiger partial charge in [0.1, 0.15) is 0 Å². The molecule has 2 amide bonds. The molecule has 2 aliphatic rings. The van der Waals surface area contributed by atoms with Gasteiger partial charge in [0.25, 0.3) is 5.91 Å². The lowest BCUT2D eigenvalue weighted by atomic mass is 9.99. The molecule has 3 N–H and O–H groups in total. The van der Waals surface area contributed by atoms with Crippen LogP contribution in [-0.2, 0) is 9.53 Å². The van der Waals surface area contributed by atoms with Crippen molar-refractivity contribution in [1.82, 2.24) is 4.90 Å². The van der Waals surface area contributed by atoms with Crippen LogP contribution in [0.5, 0.6) is 0 Å². The van der Waals surface area contributed by atoms with Crippen molar-refractivity contribution in [1.29, 1.82) is 0 Å². The maximum atomic E-state index is 12.7. The van der Waals surface area contributed by atoms with Crippen LogP contribution in [0, 0.1) is 5.92 Å². The molecule has 0 radical (unpaired) electrons. The summed E-state index contributed by atoms with van der Waals surface area (Å²) in [5.41, 5.74) is 7.15. The number of rotatable bonds is 4. The molecule has 3 rings (SSSR count). The van der Waals surface area contributed by atoms with Crippen molar-refractivity contribution in [3.05, 3.63) is 29.8 Å². The molecule has 2 fully saturated rings. The summed E-state index contributed by atoms with van der Waals surface area (Å²) < 4.78 is 5.29. The first-order chi connectivity index (χ1) is 11.6. The molecule has 1 saturated heterocycles. The van der Waals surface area contributed by atoms with Crippen LogP contribution < -0.4 is 11.1 Å². The summed E-state index contributed by atoms with van der Waals surface area (Å²) in [7, 11) is 0. The molecule has 1 aromatic carbocycles. The molecule has 1 aromatic rings. The predicted octanol–water partition coefficient (Wildman–Crippen LogP) is 2.04. The highest BCUT2D eigenvalue weighted by Crippen LogP contribution is 2.27. The zero-order chi connectivity index (χ0) is 16.9. The minimum absolute atomic E-state index is 0. The molecule has 0 bridgehead atoms. The van der Waals surface area contributed by atoms with Crippen molar-refractivity contribution in [2.24, 2.45) is 11.7 Å². The number of nitrogens with two attached hydrogens (primary N) is 1. The summed E-state index contributed by atoms with van der Waals surface area (Å²) in [6.07, 6.45) is 3.50. The Balaban J connectivity index is 0.00000225. The smallest absolute Gasteiger partial charge is 0.256 e. The Hall–Kier alpha value is -1.63. The highest BCUT2D eigenvalue weighted by Gasteiger charge is 2.27. The Morgan fingerprint density at radius 3 is 2.60 bits per heavy atom. The number of morpholine rings is 1. The van der Waals surface area contributed by atoms with Gasteiger partial charge in [-0.2, -0.15) is 0 Å². The Bertz CT molecular complexity index is 605. The van der Waals surface area contributed by atoms with E-state index in [0.717, 1.165) is 19.3 Å². The quantitative estimate of drug-likeness (QED) is 0.852. The fourth-order valence-corrected chi connectivity index (χ4v) is 3.47. The minimum Gasteiger partial charge on any atom is -0.378 e. The van der Waals surface area contributed by atoms with E-state index in [9.17, 15) is 9.59 Å². The molecule has 0 unspecified atom stereocenters. The average molecular weight is 368 g/mol. The van der Waals surface area contributed by atoms with Crippen LogP contribution in [-0.4, -0.2) is 49.1 Å². The number of hydrogen-bond donors (Lipinski definition) is 2. The van der Waals surface area contributed by atoms with Gasteiger partial charge in [-0.3, -0.25) is 9.59 Å². The van der Waals surface area contributed by atoms with Crippen LogP contribution >= 0.6 is 12.4 Å². The van der Waals surface area contributed by atoms with Gasteiger partial charge >= 0.3 is 0 Å². The number of anilines is 1. The highest BCUT2D eigenvalue weighted by molar-refractivity contribution is 6.03. The second kappa shape index (κ2) is 9.17. The molecule has 25 heavy (non-hydrogen) atoms. The Labute approximate surface area is 154 Å². The normalized spacial score (nSPS) is 23.0. The summed E-state index contributed by atoms with van der Waals surface area (Å²) in [4.78, 5) is 26.8. The van der Waals surface area contributed by atoms with Crippen LogP contribution in [0.15, 0.2) is 24.3 Å². The molecular weight excluding hydrogens is 342 g/mol. The molecule has 1 saturated carbocycles. The zero-order valence-corrected chi connectivity index (χ0v) is 15.1. The van der Waals surface area contributed by atoms with E-state index >= 15 is 0 Å². The molecular formula is C18H26ClN3O3. The summed E-state index contributed by atoms with van der Waals surface area (Å²) in [5, 5.41) is 2.90. The second-order valence-electron chi connectivity index (χ2n) is 6.56. The van der Waals surface area contributed by atoms with Crippen LogP contribution in [0.4, 0.5) is 5.69 Å². The van der Waals surface area contributed by atoms with Crippen molar-refractivity contribution in [3.63, 3.8) is 0 Å². The van der Waals surface area contributed by atoms with E-state index in [-0.39, 0.29) is 36.2 Å². The van der Waals surface area contributed by atoms with E-state index in [1.807, 2.05) is 12.1 Å². The van der Waals surface area contributed by atoms with Gasteiger partial charge in [-0.25, -0.2) is 0 Å². The van der Waals surface area contributed by atoms with Crippen molar-refractivity contribution in [2.45, 2.75) is 31.7 Å². The predicted molar refractivity (Wildman–Crippen MR) is 99.0 cm³/mol. The number of hydrogen-bond acceptors (Lipinski definition) is 4. The number of ether oxygens (including phenoxy) is 1. The largest absolute Gasteiger partial charge is 0.378 e. The summed E-state index contributed by atoms with van der Waals surface area (Å²) in [6.45, 7) is 2.27. The molecule has 1 aliphatic heterocycles. The maximum absolute atomic E-state index is 12.7. The minimum atomic E-state index is -0.0698. The summed E-state index contributed by atoms with van der Waals surface area (Å²) in [5.74, 6) is 0.110. The number of amides is 2. The number of carbonyl (C=O) groups excluding carboxylic acids is 2. The van der Waals surface area contributed by atoms with Crippen LogP contribution in [0.2, 0.25) is 0 Å². The van der Waals surface area contributed by atoms with Gasteiger partial charge in [0.05, 0.1) is 24.5 Å². The molecule has 1 heterocycles. The first-order valence-corrected chi connectivity index (χ1v) is 8.66. The molecule has 1 aliphatic carbocycles. The van der Waals surface area contributed by atoms with Crippen molar-refractivity contribution < 1.29 is 14.3 Å². The van der Waals surface area contributed by atoms with Gasteiger partial charge in [0, 0.05) is 25.6 Å². The summed E-state index contributed by atoms with van der Waals surface area (Å²) in [6, 6.07) is 7.29. The lowest BCUT2D eigenvalue weighted by Gasteiger charge is -2.27. The number of nitrogens with zero attached hydrogens (tertiary/aromatic N) is 1. The third-order valence-corrected chi connectivity index (χ3v) is 4.90. The van der Waals surface area contributed by atoms with Crippen molar-refractivity contribution in [2.75, 3.05) is 31.6 Å². The van der Waals surface area contributed by atoms with Crippen molar-refractivity contribution in [3.8, 4) is 0 Å². The number of para-hydroxylation sites is 1.